The smallest absolute Gasteiger partial charge is 0.281 e. The van der Waals surface area contributed by atoms with Gasteiger partial charge in [0.2, 0.25) is 5.82 Å². The minimum absolute atomic E-state index is 0.110. The topological polar surface area (TPSA) is 46.7 Å². The van der Waals surface area contributed by atoms with Crippen molar-refractivity contribution in [3.63, 3.8) is 0 Å². The number of halogens is 3. The van der Waals surface area contributed by atoms with Crippen LogP contribution in [0.2, 0.25) is 0 Å². The van der Waals surface area contributed by atoms with Gasteiger partial charge in [0.25, 0.3) is 0 Å². The van der Waals surface area contributed by atoms with Crippen molar-refractivity contribution >= 4 is 11.5 Å². The zero-order valence-electron chi connectivity index (χ0n) is 8.12. The predicted molar refractivity (Wildman–Crippen MR) is 50.4 cm³/mol. The largest absolute Gasteiger partial charge is 0.417 e. The van der Waals surface area contributed by atoms with Crippen molar-refractivity contribution in [2.24, 2.45) is 5.18 Å². The van der Waals surface area contributed by atoms with E-state index in [1.807, 2.05) is 0 Å². The third-order valence-corrected chi connectivity index (χ3v) is 2.17. The van der Waals surface area contributed by atoms with Crippen molar-refractivity contribution in [1.29, 1.82) is 0 Å². The molecule has 2 aromatic rings. The molecule has 84 valence electrons. The maximum Gasteiger partial charge on any atom is 0.417 e. The third kappa shape index (κ3) is 1.54. The van der Waals surface area contributed by atoms with Crippen molar-refractivity contribution in [3.8, 4) is 0 Å². The molecule has 0 N–H and O–H groups in total. The van der Waals surface area contributed by atoms with Crippen LogP contribution in [0.15, 0.2) is 23.5 Å². The molecule has 0 aromatic carbocycles. The number of imidazole rings is 1. The van der Waals surface area contributed by atoms with E-state index in [0.717, 1.165) is 16.7 Å². The van der Waals surface area contributed by atoms with Gasteiger partial charge in [-0.2, -0.15) is 13.2 Å². The van der Waals surface area contributed by atoms with E-state index in [-0.39, 0.29) is 11.5 Å². The van der Waals surface area contributed by atoms with Gasteiger partial charge >= 0.3 is 6.18 Å². The lowest BCUT2D eigenvalue weighted by Gasteiger charge is -2.06. The second kappa shape index (κ2) is 3.29. The Morgan fingerprint density at radius 3 is 2.62 bits per heavy atom. The third-order valence-electron chi connectivity index (χ3n) is 2.17. The van der Waals surface area contributed by atoms with Gasteiger partial charge in [-0.25, -0.2) is 4.98 Å². The van der Waals surface area contributed by atoms with E-state index < -0.39 is 11.7 Å². The van der Waals surface area contributed by atoms with Gasteiger partial charge < -0.3 is 0 Å². The van der Waals surface area contributed by atoms with Gasteiger partial charge in [-0.05, 0) is 24.2 Å². The molecule has 2 aromatic heterocycles. The molecular weight excluding hydrogens is 223 g/mol. The summed E-state index contributed by atoms with van der Waals surface area (Å²) in [5.74, 6) is -0.110. The molecule has 0 aliphatic rings. The van der Waals surface area contributed by atoms with Gasteiger partial charge in [0.1, 0.15) is 5.65 Å². The van der Waals surface area contributed by atoms with Gasteiger partial charge in [-0.1, -0.05) is 0 Å². The number of aromatic nitrogens is 2. The molecule has 0 aliphatic carbocycles. The average molecular weight is 229 g/mol. The Bertz CT molecular complexity index is 559. The number of hydrogen-bond donors (Lipinski definition) is 0. The number of fused-ring (bicyclic) bond motifs is 1. The summed E-state index contributed by atoms with van der Waals surface area (Å²) in [5, 5.41) is 2.66. The van der Waals surface area contributed by atoms with Gasteiger partial charge in [0.05, 0.1) is 11.3 Å². The molecule has 2 rings (SSSR count). The molecule has 0 fully saturated rings. The number of rotatable bonds is 1. The molecule has 2 heterocycles. The van der Waals surface area contributed by atoms with E-state index in [4.69, 9.17) is 0 Å². The highest BCUT2D eigenvalue weighted by Gasteiger charge is 2.31. The lowest BCUT2D eigenvalue weighted by atomic mass is 10.3. The summed E-state index contributed by atoms with van der Waals surface area (Å²) in [6.07, 6.45) is -3.64. The molecule has 0 amide bonds. The fraction of sp³-hybridized carbons (Fsp3) is 0.222. The summed E-state index contributed by atoms with van der Waals surface area (Å²) >= 11 is 0. The Morgan fingerprint density at radius 1 is 1.38 bits per heavy atom. The number of nitrogens with zero attached hydrogens (tertiary/aromatic N) is 3. The van der Waals surface area contributed by atoms with Crippen molar-refractivity contribution in [3.05, 3.63) is 34.5 Å². The van der Waals surface area contributed by atoms with E-state index in [2.05, 4.69) is 10.2 Å². The Morgan fingerprint density at radius 2 is 2.06 bits per heavy atom. The Labute approximate surface area is 87.7 Å². The summed E-state index contributed by atoms with van der Waals surface area (Å²) in [6.45, 7) is 1.51. The molecule has 0 spiro atoms. The fourth-order valence-corrected chi connectivity index (χ4v) is 1.43. The number of aryl methyl sites for hydroxylation is 1. The van der Waals surface area contributed by atoms with E-state index in [1.165, 1.54) is 13.0 Å². The number of pyridine rings is 1. The quantitative estimate of drug-likeness (QED) is 0.705. The molecule has 0 aliphatic heterocycles. The second-order valence-electron chi connectivity index (χ2n) is 3.26. The van der Waals surface area contributed by atoms with Gasteiger partial charge in [-0.3, -0.25) is 4.40 Å². The van der Waals surface area contributed by atoms with Crippen LogP contribution in [0.4, 0.5) is 19.0 Å². The van der Waals surface area contributed by atoms with Crippen molar-refractivity contribution in [2.45, 2.75) is 13.1 Å². The molecule has 0 saturated carbocycles. The average Bonchev–Trinajstić information content (AvgIpc) is 2.50. The molecule has 0 radical (unpaired) electrons. The Balaban J connectivity index is 2.73. The minimum atomic E-state index is -4.45. The van der Waals surface area contributed by atoms with Crippen molar-refractivity contribution in [1.82, 2.24) is 9.38 Å². The van der Waals surface area contributed by atoms with Crippen LogP contribution in [0.1, 0.15) is 11.3 Å². The van der Waals surface area contributed by atoms with Crippen LogP contribution in [0.3, 0.4) is 0 Å². The number of nitroso groups, excluding NO2 is 1. The molecule has 16 heavy (non-hydrogen) atoms. The maximum absolute atomic E-state index is 12.4. The first-order valence-corrected chi connectivity index (χ1v) is 4.33. The van der Waals surface area contributed by atoms with E-state index in [0.29, 0.717) is 5.69 Å². The first-order chi connectivity index (χ1) is 7.43. The Hall–Kier alpha value is -1.92. The first kappa shape index (κ1) is 10.6. The van der Waals surface area contributed by atoms with Crippen molar-refractivity contribution < 1.29 is 13.2 Å². The maximum atomic E-state index is 12.4. The van der Waals surface area contributed by atoms with E-state index >= 15 is 0 Å². The van der Waals surface area contributed by atoms with Crippen LogP contribution in [-0.2, 0) is 6.18 Å². The summed E-state index contributed by atoms with van der Waals surface area (Å²) in [5.41, 5.74) is -0.281. The second-order valence-corrected chi connectivity index (χ2v) is 3.26. The van der Waals surface area contributed by atoms with Crippen LogP contribution in [0, 0.1) is 11.8 Å². The number of hydrogen-bond acceptors (Lipinski definition) is 3. The monoisotopic (exact) mass is 229 g/mol. The van der Waals surface area contributed by atoms with Crippen LogP contribution in [-0.4, -0.2) is 9.38 Å². The molecule has 0 saturated heterocycles. The van der Waals surface area contributed by atoms with Gasteiger partial charge in [-0.15, -0.1) is 4.91 Å². The lowest BCUT2D eigenvalue weighted by molar-refractivity contribution is -0.137. The summed E-state index contributed by atoms with van der Waals surface area (Å²) < 4.78 is 38.3. The highest BCUT2D eigenvalue weighted by atomic mass is 19.4. The SMILES string of the molecule is Cc1nc2ccc(C(F)(F)F)cn2c1N=O. The van der Waals surface area contributed by atoms with Crippen LogP contribution in [0.5, 0.6) is 0 Å². The molecular formula is C9H6F3N3O. The molecule has 4 nitrogen and oxygen atoms in total. The lowest BCUT2D eigenvalue weighted by Crippen LogP contribution is -2.05. The minimum Gasteiger partial charge on any atom is -0.281 e. The van der Waals surface area contributed by atoms with Crippen molar-refractivity contribution in [2.75, 3.05) is 0 Å². The zero-order chi connectivity index (χ0) is 11.9. The fourth-order valence-electron chi connectivity index (χ4n) is 1.43. The molecule has 0 bridgehead atoms. The summed E-state index contributed by atoms with van der Waals surface area (Å²) in [6, 6.07) is 2.11. The molecule has 7 heteroatoms. The molecule has 0 unspecified atom stereocenters. The van der Waals surface area contributed by atoms with Gasteiger partial charge in [0, 0.05) is 6.20 Å². The van der Waals surface area contributed by atoms with Crippen LogP contribution in [0.25, 0.3) is 5.65 Å². The van der Waals surface area contributed by atoms with Crippen LogP contribution < -0.4 is 0 Å². The van der Waals surface area contributed by atoms with E-state index in [1.54, 1.807) is 0 Å². The summed E-state index contributed by atoms with van der Waals surface area (Å²) in [7, 11) is 0. The first-order valence-electron chi connectivity index (χ1n) is 4.33. The highest BCUT2D eigenvalue weighted by molar-refractivity contribution is 5.52. The highest BCUT2D eigenvalue weighted by Crippen LogP contribution is 2.31. The standard InChI is InChI=1S/C9H6F3N3O/c1-5-8(14-16)15-4-6(9(10,11)12)2-3-7(15)13-5/h2-4H,1H3. The van der Waals surface area contributed by atoms with Crippen LogP contribution >= 0.6 is 0 Å². The zero-order valence-corrected chi connectivity index (χ0v) is 8.12. The number of alkyl halides is 3. The summed E-state index contributed by atoms with van der Waals surface area (Å²) in [4.78, 5) is 14.4. The normalized spacial score (nSPS) is 12.0. The predicted octanol–water partition coefficient (Wildman–Crippen LogP) is 3.06. The Kier molecular flexibility index (Phi) is 2.18. The van der Waals surface area contributed by atoms with Gasteiger partial charge in [0.15, 0.2) is 0 Å². The van der Waals surface area contributed by atoms with E-state index in [9.17, 15) is 18.1 Å². The molecule has 0 atom stereocenters.